The van der Waals surface area contributed by atoms with E-state index in [0.29, 0.717) is 25.3 Å². The van der Waals surface area contributed by atoms with Crippen molar-refractivity contribution in [1.29, 1.82) is 0 Å². The lowest BCUT2D eigenvalue weighted by Gasteiger charge is -2.40. The Hall–Kier alpha value is -1.43. The van der Waals surface area contributed by atoms with Crippen LogP contribution >= 0.6 is 0 Å². The van der Waals surface area contributed by atoms with Gasteiger partial charge in [0.2, 0.25) is 0 Å². The maximum atomic E-state index is 11.9. The van der Waals surface area contributed by atoms with Crippen LogP contribution in [0, 0.1) is 0 Å². The van der Waals surface area contributed by atoms with Crippen molar-refractivity contribution in [2.75, 3.05) is 19.8 Å². The molecule has 0 saturated carbocycles. The molecule has 1 fully saturated rings. The summed E-state index contributed by atoms with van der Waals surface area (Å²) in [4.78, 5) is 11.9. The van der Waals surface area contributed by atoms with E-state index >= 15 is 0 Å². The van der Waals surface area contributed by atoms with Crippen LogP contribution in [-0.2, 0) is 11.3 Å². The number of rotatable bonds is 4. The Balaban J connectivity index is 2.03. The topological polar surface area (TPSA) is 84.6 Å². The molecule has 1 aromatic carbocycles. The molecule has 1 heterocycles. The quantitative estimate of drug-likeness (QED) is 0.666. The summed E-state index contributed by atoms with van der Waals surface area (Å²) < 4.78 is 5.01. The van der Waals surface area contributed by atoms with Gasteiger partial charge in [-0.05, 0) is 17.7 Å². The molecule has 0 aliphatic carbocycles. The molecule has 0 bridgehead atoms. The average Bonchev–Trinajstić information content (AvgIpc) is 2.33. The Morgan fingerprint density at radius 3 is 2.47 bits per heavy atom. The molecular weight excluding hydrogens is 220 g/mol. The van der Waals surface area contributed by atoms with Crippen LogP contribution in [0.5, 0.6) is 0 Å². The van der Waals surface area contributed by atoms with Gasteiger partial charge in [-0.15, -0.1) is 0 Å². The fraction of sp³-hybridized carbons (Fsp3) is 0.417. The zero-order valence-electron chi connectivity index (χ0n) is 9.48. The number of aliphatic hydroxyl groups is 1. The minimum atomic E-state index is -0.608. The highest BCUT2D eigenvalue weighted by Crippen LogP contribution is 2.17. The molecule has 0 spiro atoms. The Morgan fingerprint density at radius 2 is 2.06 bits per heavy atom. The van der Waals surface area contributed by atoms with Crippen LogP contribution in [0.4, 0.5) is 0 Å². The summed E-state index contributed by atoms with van der Waals surface area (Å²) >= 11 is 0. The van der Waals surface area contributed by atoms with Gasteiger partial charge in [0, 0.05) is 12.1 Å². The van der Waals surface area contributed by atoms with Crippen molar-refractivity contribution < 1.29 is 14.6 Å². The average molecular weight is 236 g/mol. The first-order chi connectivity index (χ1) is 8.19. The first-order valence-electron chi connectivity index (χ1n) is 5.49. The molecule has 1 aliphatic rings. The minimum absolute atomic E-state index is 0.111. The Bertz CT molecular complexity index is 393. The van der Waals surface area contributed by atoms with Crippen LogP contribution in [0.1, 0.15) is 15.9 Å². The van der Waals surface area contributed by atoms with Gasteiger partial charge in [0.25, 0.3) is 5.91 Å². The number of hydrogen-bond donors (Lipinski definition) is 3. The summed E-state index contributed by atoms with van der Waals surface area (Å²) in [6.45, 7) is 1.06. The lowest BCUT2D eigenvalue weighted by atomic mass is 9.98. The third-order valence-corrected chi connectivity index (χ3v) is 2.89. The number of carbonyl (C=O) groups is 1. The fourth-order valence-electron chi connectivity index (χ4n) is 1.66. The summed E-state index contributed by atoms with van der Waals surface area (Å²) in [6, 6.07) is 7.08. The van der Waals surface area contributed by atoms with Crippen LogP contribution < -0.4 is 11.1 Å². The minimum Gasteiger partial charge on any atom is -0.394 e. The van der Waals surface area contributed by atoms with Crippen molar-refractivity contribution >= 4 is 5.91 Å². The van der Waals surface area contributed by atoms with E-state index in [-0.39, 0.29) is 12.5 Å². The smallest absolute Gasteiger partial charge is 0.251 e. The molecule has 1 aromatic rings. The van der Waals surface area contributed by atoms with Crippen molar-refractivity contribution in [3.8, 4) is 0 Å². The molecule has 5 heteroatoms. The Morgan fingerprint density at radius 1 is 1.41 bits per heavy atom. The molecule has 0 unspecified atom stereocenters. The van der Waals surface area contributed by atoms with Crippen LogP contribution in [0.2, 0.25) is 0 Å². The normalized spacial score (nSPS) is 17.3. The number of carbonyl (C=O) groups excluding carboxylic acids is 1. The van der Waals surface area contributed by atoms with E-state index in [4.69, 9.17) is 10.5 Å². The van der Waals surface area contributed by atoms with Gasteiger partial charge in [-0.3, -0.25) is 4.79 Å². The summed E-state index contributed by atoms with van der Waals surface area (Å²) in [5, 5.41) is 12.0. The van der Waals surface area contributed by atoms with Gasteiger partial charge in [0.05, 0.1) is 19.8 Å². The Labute approximate surface area is 99.6 Å². The van der Waals surface area contributed by atoms with E-state index in [0.717, 1.165) is 5.56 Å². The van der Waals surface area contributed by atoms with Gasteiger partial charge in [0.15, 0.2) is 0 Å². The van der Waals surface area contributed by atoms with Crippen LogP contribution in [0.3, 0.4) is 0 Å². The van der Waals surface area contributed by atoms with E-state index in [1.165, 1.54) is 0 Å². The third-order valence-electron chi connectivity index (χ3n) is 2.89. The van der Waals surface area contributed by atoms with E-state index in [1.807, 2.05) is 12.1 Å². The molecule has 2 rings (SSSR count). The molecule has 92 valence electrons. The van der Waals surface area contributed by atoms with Gasteiger partial charge >= 0.3 is 0 Å². The van der Waals surface area contributed by atoms with Gasteiger partial charge in [-0.25, -0.2) is 0 Å². The van der Waals surface area contributed by atoms with Crippen molar-refractivity contribution in [3.05, 3.63) is 35.4 Å². The first-order valence-corrected chi connectivity index (χ1v) is 5.49. The molecular formula is C12H16N2O3. The number of nitrogens with one attached hydrogen (secondary N) is 1. The van der Waals surface area contributed by atoms with E-state index in [9.17, 15) is 9.90 Å². The summed E-state index contributed by atoms with van der Waals surface area (Å²) in [6.07, 6.45) is 0. The monoisotopic (exact) mass is 236 g/mol. The van der Waals surface area contributed by atoms with Gasteiger partial charge < -0.3 is 20.9 Å². The predicted molar refractivity (Wildman–Crippen MR) is 62.4 cm³/mol. The number of nitrogens with two attached hydrogens (primary N) is 1. The molecule has 4 N–H and O–H groups in total. The second-order valence-corrected chi connectivity index (χ2v) is 4.29. The molecule has 0 radical (unpaired) electrons. The second-order valence-electron chi connectivity index (χ2n) is 4.29. The zero-order valence-corrected chi connectivity index (χ0v) is 9.48. The number of aliphatic hydroxyl groups excluding tert-OH is 1. The lowest BCUT2D eigenvalue weighted by molar-refractivity contribution is -0.0919. The fourth-order valence-corrected chi connectivity index (χ4v) is 1.66. The standard InChI is InChI=1S/C12H16N2O3/c13-5-9-1-3-10(4-2-9)11(16)14-12(6-15)7-17-8-12/h1-4,15H,5-8,13H2,(H,14,16). The van der Waals surface area contributed by atoms with E-state index in [2.05, 4.69) is 5.32 Å². The maximum Gasteiger partial charge on any atom is 0.251 e. The van der Waals surface area contributed by atoms with Crippen molar-refractivity contribution in [3.63, 3.8) is 0 Å². The Kier molecular flexibility index (Phi) is 3.42. The first kappa shape index (κ1) is 12.0. The van der Waals surface area contributed by atoms with Crippen LogP contribution in [-0.4, -0.2) is 36.4 Å². The third kappa shape index (κ3) is 2.46. The van der Waals surface area contributed by atoms with E-state index < -0.39 is 5.54 Å². The summed E-state index contributed by atoms with van der Waals surface area (Å²) in [5.74, 6) is -0.203. The predicted octanol–water partition coefficient (Wildman–Crippen LogP) is -0.364. The molecule has 5 nitrogen and oxygen atoms in total. The molecule has 1 aliphatic heterocycles. The number of amides is 1. The van der Waals surface area contributed by atoms with Crippen LogP contribution in [0.25, 0.3) is 0 Å². The highest BCUT2D eigenvalue weighted by atomic mass is 16.5. The summed E-state index contributed by atoms with van der Waals surface area (Å²) in [7, 11) is 0. The number of benzene rings is 1. The van der Waals surface area contributed by atoms with E-state index in [1.54, 1.807) is 12.1 Å². The second kappa shape index (κ2) is 4.83. The van der Waals surface area contributed by atoms with Crippen molar-refractivity contribution in [2.24, 2.45) is 5.73 Å². The highest BCUT2D eigenvalue weighted by Gasteiger charge is 2.39. The number of hydrogen-bond acceptors (Lipinski definition) is 4. The maximum absolute atomic E-state index is 11.9. The van der Waals surface area contributed by atoms with Gasteiger partial charge in [0.1, 0.15) is 5.54 Å². The molecule has 1 saturated heterocycles. The van der Waals surface area contributed by atoms with Crippen LogP contribution in [0.15, 0.2) is 24.3 Å². The van der Waals surface area contributed by atoms with Crippen molar-refractivity contribution in [2.45, 2.75) is 12.1 Å². The molecule has 17 heavy (non-hydrogen) atoms. The SMILES string of the molecule is NCc1ccc(C(=O)NC2(CO)COC2)cc1. The molecule has 0 atom stereocenters. The lowest BCUT2D eigenvalue weighted by Crippen LogP contribution is -2.64. The van der Waals surface area contributed by atoms with Gasteiger partial charge in [-0.2, -0.15) is 0 Å². The zero-order chi connectivity index (χ0) is 12.3. The number of ether oxygens (including phenoxy) is 1. The summed E-state index contributed by atoms with van der Waals surface area (Å²) in [5.41, 5.74) is 6.41. The van der Waals surface area contributed by atoms with Gasteiger partial charge in [-0.1, -0.05) is 12.1 Å². The molecule has 0 aromatic heterocycles. The van der Waals surface area contributed by atoms with Crippen molar-refractivity contribution in [1.82, 2.24) is 5.32 Å². The largest absolute Gasteiger partial charge is 0.394 e. The highest BCUT2D eigenvalue weighted by molar-refractivity contribution is 5.94. The molecule has 1 amide bonds.